The second-order valence-corrected chi connectivity index (χ2v) is 6.90. The maximum Gasteiger partial charge on any atom is -0.0273 e. The summed E-state index contributed by atoms with van der Waals surface area (Å²) in [6.45, 7) is 12.4. The van der Waals surface area contributed by atoms with Crippen LogP contribution in [0.5, 0.6) is 0 Å². The third kappa shape index (κ3) is 6.63. The van der Waals surface area contributed by atoms with Crippen LogP contribution in [0.4, 0.5) is 0 Å². The highest BCUT2D eigenvalue weighted by Gasteiger charge is 2.09. The van der Waals surface area contributed by atoms with Gasteiger partial charge >= 0.3 is 0 Å². The van der Waals surface area contributed by atoms with Crippen molar-refractivity contribution < 1.29 is 0 Å². The predicted molar refractivity (Wildman–Crippen MR) is 118 cm³/mol. The van der Waals surface area contributed by atoms with Crippen molar-refractivity contribution in [1.82, 2.24) is 0 Å². The van der Waals surface area contributed by atoms with Crippen molar-refractivity contribution in [3.63, 3.8) is 0 Å². The van der Waals surface area contributed by atoms with Gasteiger partial charge in [-0.25, -0.2) is 0 Å². The van der Waals surface area contributed by atoms with E-state index >= 15 is 0 Å². The fourth-order valence-electron chi connectivity index (χ4n) is 3.83. The number of rotatable bonds is 0. The van der Waals surface area contributed by atoms with Crippen molar-refractivity contribution >= 4 is 0 Å². The molecule has 2 aliphatic carbocycles. The Hall–Kier alpha value is -1.56. The van der Waals surface area contributed by atoms with Gasteiger partial charge < -0.3 is 0 Å². The van der Waals surface area contributed by atoms with Crippen LogP contribution in [0.3, 0.4) is 0 Å². The van der Waals surface area contributed by atoms with Crippen LogP contribution in [0.25, 0.3) is 0 Å². The summed E-state index contributed by atoms with van der Waals surface area (Å²) in [5.74, 6) is 0. The van der Waals surface area contributed by atoms with Crippen LogP contribution >= 0.6 is 0 Å². The molecule has 0 saturated heterocycles. The van der Waals surface area contributed by atoms with Crippen LogP contribution in [0.2, 0.25) is 0 Å². The lowest BCUT2D eigenvalue weighted by atomic mass is 9.89. The molecule has 0 atom stereocenters. The largest absolute Gasteiger partial charge is 0.0683 e. The van der Waals surface area contributed by atoms with Crippen LogP contribution < -0.4 is 0 Å². The highest BCUT2D eigenvalue weighted by molar-refractivity contribution is 5.36. The van der Waals surface area contributed by atoms with E-state index < -0.39 is 0 Å². The molecule has 2 aromatic rings. The van der Waals surface area contributed by atoms with Gasteiger partial charge in [-0.2, -0.15) is 0 Å². The van der Waals surface area contributed by atoms with Crippen molar-refractivity contribution in [2.75, 3.05) is 0 Å². The summed E-state index contributed by atoms with van der Waals surface area (Å²) < 4.78 is 0. The van der Waals surface area contributed by atoms with Crippen molar-refractivity contribution in [3.8, 4) is 0 Å². The van der Waals surface area contributed by atoms with Crippen LogP contribution in [-0.4, -0.2) is 0 Å². The Kier molecular flexibility index (Phi) is 11.0. The molecular weight excluding hydrogens is 312 g/mol. The summed E-state index contributed by atoms with van der Waals surface area (Å²) in [7, 11) is 0. The molecule has 0 unspecified atom stereocenters. The highest BCUT2D eigenvalue weighted by atomic mass is 14.1. The summed E-state index contributed by atoms with van der Waals surface area (Å²) >= 11 is 0. The summed E-state index contributed by atoms with van der Waals surface area (Å²) in [5, 5.41) is 0. The zero-order chi connectivity index (χ0) is 19.4. The lowest BCUT2D eigenvalue weighted by molar-refractivity contribution is 0.682. The smallest absolute Gasteiger partial charge is 0.0273 e. The van der Waals surface area contributed by atoms with E-state index in [0.29, 0.717) is 0 Å². The fourth-order valence-corrected chi connectivity index (χ4v) is 3.83. The van der Waals surface area contributed by atoms with Gasteiger partial charge in [0.05, 0.1) is 0 Å². The third-order valence-corrected chi connectivity index (χ3v) is 5.13. The van der Waals surface area contributed by atoms with E-state index in [1.165, 1.54) is 62.5 Å². The van der Waals surface area contributed by atoms with E-state index in [9.17, 15) is 0 Å². The molecule has 0 N–H and O–H groups in total. The molecule has 2 aliphatic rings. The Bertz CT molecular complexity index is 634. The Balaban J connectivity index is 0.000000219. The average molecular weight is 353 g/mol. The van der Waals surface area contributed by atoms with E-state index in [2.05, 4.69) is 50.2 Å². The first kappa shape index (κ1) is 22.5. The summed E-state index contributed by atoms with van der Waals surface area (Å²) in [6, 6.07) is 13.5. The second-order valence-electron chi connectivity index (χ2n) is 6.90. The minimum Gasteiger partial charge on any atom is -0.0683 e. The lowest BCUT2D eigenvalue weighted by Gasteiger charge is -2.17. The third-order valence-electron chi connectivity index (χ3n) is 5.13. The van der Waals surface area contributed by atoms with Crippen molar-refractivity contribution in [2.24, 2.45) is 0 Å². The molecule has 0 bridgehead atoms. The van der Waals surface area contributed by atoms with Gasteiger partial charge in [-0.1, -0.05) is 69.7 Å². The highest BCUT2D eigenvalue weighted by Crippen LogP contribution is 2.23. The molecule has 0 fully saturated rings. The van der Waals surface area contributed by atoms with Gasteiger partial charge in [0.15, 0.2) is 0 Å². The monoisotopic (exact) mass is 352 g/mol. The van der Waals surface area contributed by atoms with E-state index in [1.807, 2.05) is 27.7 Å². The zero-order valence-electron chi connectivity index (χ0n) is 18.1. The quantitative estimate of drug-likeness (QED) is 0.453. The molecule has 0 saturated carbocycles. The topological polar surface area (TPSA) is 0 Å². The Morgan fingerprint density at radius 2 is 1.15 bits per heavy atom. The number of hydrogen-bond acceptors (Lipinski definition) is 0. The van der Waals surface area contributed by atoms with Crippen LogP contribution in [-0.2, 0) is 25.7 Å². The van der Waals surface area contributed by atoms with E-state index in [4.69, 9.17) is 0 Å². The molecule has 144 valence electrons. The van der Waals surface area contributed by atoms with Crippen molar-refractivity contribution in [3.05, 3.63) is 69.8 Å². The molecule has 0 amide bonds. The molecule has 0 heterocycles. The number of benzene rings is 2. The number of aryl methyl sites for hydroxylation is 5. The van der Waals surface area contributed by atoms with Crippen molar-refractivity contribution in [1.29, 1.82) is 0 Å². The molecule has 0 nitrogen and oxygen atoms in total. The van der Waals surface area contributed by atoms with E-state index in [-0.39, 0.29) is 0 Å². The Morgan fingerprint density at radius 3 is 1.81 bits per heavy atom. The van der Waals surface area contributed by atoms with Gasteiger partial charge in [-0.3, -0.25) is 0 Å². The van der Waals surface area contributed by atoms with Crippen LogP contribution in [0.1, 0.15) is 86.8 Å². The lowest BCUT2D eigenvalue weighted by Crippen LogP contribution is -2.03. The first-order valence-corrected chi connectivity index (χ1v) is 10.9. The maximum atomic E-state index is 2.34. The molecule has 4 rings (SSSR count). The predicted octanol–water partition coefficient (Wildman–Crippen LogP) is 7.80. The van der Waals surface area contributed by atoms with Gasteiger partial charge in [-0.15, -0.1) is 0 Å². The minimum atomic E-state index is 1.30. The van der Waals surface area contributed by atoms with Gasteiger partial charge in [0.1, 0.15) is 0 Å². The SMILES string of the molecule is CC.CC.Cc1ccc2c(c1)CCCC2.Cc1cccc2c1CCCC2. The number of fused-ring (bicyclic) bond motifs is 2. The van der Waals surface area contributed by atoms with Gasteiger partial charge in [0, 0.05) is 0 Å². The number of hydrogen-bond donors (Lipinski definition) is 0. The van der Waals surface area contributed by atoms with E-state index in [0.717, 1.165) is 0 Å². The Labute approximate surface area is 163 Å². The molecule has 0 heteroatoms. The van der Waals surface area contributed by atoms with Gasteiger partial charge in [0.2, 0.25) is 0 Å². The average Bonchev–Trinajstić information content (AvgIpc) is 2.72. The fraction of sp³-hybridized carbons (Fsp3) is 0.538. The van der Waals surface area contributed by atoms with Crippen molar-refractivity contribution in [2.45, 2.75) is 92.9 Å². The van der Waals surface area contributed by atoms with Gasteiger partial charge in [-0.05, 0) is 93.0 Å². The first-order valence-electron chi connectivity index (χ1n) is 10.9. The first-order chi connectivity index (χ1) is 12.7. The van der Waals surface area contributed by atoms with Gasteiger partial charge in [0.25, 0.3) is 0 Å². The Morgan fingerprint density at radius 1 is 0.577 bits per heavy atom. The summed E-state index contributed by atoms with van der Waals surface area (Å²) in [6.07, 6.45) is 10.8. The molecule has 0 aliphatic heterocycles. The molecule has 0 radical (unpaired) electrons. The summed E-state index contributed by atoms with van der Waals surface area (Å²) in [5.41, 5.74) is 9.29. The normalized spacial score (nSPS) is 14.1. The molecule has 0 aromatic heterocycles. The maximum absolute atomic E-state index is 2.34. The molecule has 0 spiro atoms. The standard InChI is InChI=1S/2C11H14.2C2H6/c1-9-5-4-7-10-6-2-3-8-11(9)10;1-9-6-7-10-4-2-3-5-11(10)8-9;2*1-2/h4-5,7H,2-3,6,8H2,1H3;6-8H,2-5H2,1H3;2*1-2H3. The molecular formula is C26H40. The molecule has 26 heavy (non-hydrogen) atoms. The van der Waals surface area contributed by atoms with Crippen LogP contribution in [0.15, 0.2) is 36.4 Å². The molecule has 2 aromatic carbocycles. The minimum absolute atomic E-state index is 1.30. The second kappa shape index (κ2) is 12.7. The van der Waals surface area contributed by atoms with Crippen LogP contribution in [0, 0.1) is 13.8 Å². The zero-order valence-corrected chi connectivity index (χ0v) is 18.1. The summed E-state index contributed by atoms with van der Waals surface area (Å²) in [4.78, 5) is 0. The van der Waals surface area contributed by atoms with E-state index in [1.54, 1.807) is 22.3 Å².